The van der Waals surface area contributed by atoms with Gasteiger partial charge in [-0.2, -0.15) is 0 Å². The Hall–Kier alpha value is -2.86. The number of anilines is 1. The zero-order chi connectivity index (χ0) is 19.9. The fourth-order valence-electron chi connectivity index (χ4n) is 2.99. The summed E-state index contributed by atoms with van der Waals surface area (Å²) < 4.78 is 0. The van der Waals surface area contributed by atoms with E-state index in [1.807, 2.05) is 56.6 Å². The van der Waals surface area contributed by atoms with Crippen LogP contribution in [0, 0.1) is 5.92 Å². The summed E-state index contributed by atoms with van der Waals surface area (Å²) >= 11 is 0. The summed E-state index contributed by atoms with van der Waals surface area (Å²) in [5.41, 5.74) is 4.02. The molecule has 0 unspecified atom stereocenters. The summed E-state index contributed by atoms with van der Waals surface area (Å²) in [6, 6.07) is 15.5. The van der Waals surface area contributed by atoms with Crippen molar-refractivity contribution in [3.8, 4) is 0 Å². The first-order valence-electron chi connectivity index (χ1n) is 9.64. The van der Waals surface area contributed by atoms with Gasteiger partial charge >= 0.3 is 6.03 Å². The van der Waals surface area contributed by atoms with E-state index in [1.165, 1.54) is 5.56 Å². The highest BCUT2D eigenvalue weighted by Gasteiger charge is 2.29. The van der Waals surface area contributed by atoms with Gasteiger partial charge in [0.25, 0.3) is 0 Å². The van der Waals surface area contributed by atoms with E-state index in [2.05, 4.69) is 26.9 Å². The smallest absolute Gasteiger partial charge is 0.315 e. The number of benzene rings is 2. The van der Waals surface area contributed by atoms with Crippen molar-refractivity contribution in [2.24, 2.45) is 5.92 Å². The Bertz CT molecular complexity index is 831. The molecule has 2 aromatic carbocycles. The molecule has 3 amide bonds. The first-order chi connectivity index (χ1) is 13.5. The molecule has 3 rings (SSSR count). The maximum atomic E-state index is 12.2. The quantitative estimate of drug-likeness (QED) is 0.659. The Morgan fingerprint density at radius 1 is 0.964 bits per heavy atom. The van der Waals surface area contributed by atoms with Gasteiger partial charge in [0.05, 0.1) is 0 Å². The van der Waals surface area contributed by atoms with E-state index >= 15 is 0 Å². The SMILES string of the molecule is CN(C)Cc1ccccc1CNC(=O)NCc1cccc(NC(=O)C2CC2)c1. The summed E-state index contributed by atoms with van der Waals surface area (Å²) in [4.78, 5) is 26.2. The van der Waals surface area contributed by atoms with Crippen LogP contribution in [0.2, 0.25) is 0 Å². The molecule has 148 valence electrons. The van der Waals surface area contributed by atoms with Crippen molar-refractivity contribution in [3.63, 3.8) is 0 Å². The average Bonchev–Trinajstić information content (AvgIpc) is 3.51. The topological polar surface area (TPSA) is 73.5 Å². The van der Waals surface area contributed by atoms with Gasteiger partial charge in [0, 0.05) is 31.2 Å². The second-order valence-electron chi connectivity index (χ2n) is 7.51. The Balaban J connectivity index is 1.47. The second kappa shape index (κ2) is 9.37. The van der Waals surface area contributed by atoms with E-state index in [0.717, 1.165) is 36.2 Å². The molecular weight excluding hydrogens is 352 g/mol. The molecule has 0 heterocycles. The molecule has 1 aliphatic rings. The maximum Gasteiger partial charge on any atom is 0.315 e. The third-order valence-corrected chi connectivity index (χ3v) is 4.64. The molecule has 0 aromatic heterocycles. The van der Waals surface area contributed by atoms with Crippen LogP contribution >= 0.6 is 0 Å². The van der Waals surface area contributed by atoms with E-state index in [4.69, 9.17) is 0 Å². The van der Waals surface area contributed by atoms with E-state index in [0.29, 0.717) is 13.1 Å². The molecule has 0 aliphatic heterocycles. The number of nitrogens with zero attached hydrogens (tertiary/aromatic N) is 1. The normalized spacial score (nSPS) is 13.2. The van der Waals surface area contributed by atoms with Crippen LogP contribution in [-0.4, -0.2) is 30.9 Å². The molecule has 3 N–H and O–H groups in total. The fraction of sp³-hybridized carbons (Fsp3) is 0.364. The van der Waals surface area contributed by atoms with Gasteiger partial charge in [0.1, 0.15) is 0 Å². The minimum atomic E-state index is -0.216. The number of amides is 3. The lowest BCUT2D eigenvalue weighted by atomic mass is 10.1. The summed E-state index contributed by atoms with van der Waals surface area (Å²) in [6.45, 7) is 1.71. The van der Waals surface area contributed by atoms with Crippen molar-refractivity contribution in [1.29, 1.82) is 0 Å². The monoisotopic (exact) mass is 380 g/mol. The van der Waals surface area contributed by atoms with E-state index < -0.39 is 0 Å². The summed E-state index contributed by atoms with van der Waals surface area (Å²) in [5, 5.41) is 8.72. The molecule has 1 saturated carbocycles. The number of nitrogens with one attached hydrogen (secondary N) is 3. The minimum absolute atomic E-state index is 0.0826. The highest BCUT2D eigenvalue weighted by molar-refractivity contribution is 5.94. The number of urea groups is 1. The van der Waals surface area contributed by atoms with Crippen LogP contribution in [0.3, 0.4) is 0 Å². The van der Waals surface area contributed by atoms with Gasteiger partial charge in [0.2, 0.25) is 5.91 Å². The van der Waals surface area contributed by atoms with E-state index in [9.17, 15) is 9.59 Å². The van der Waals surface area contributed by atoms with Crippen LogP contribution in [0.25, 0.3) is 0 Å². The van der Waals surface area contributed by atoms with Crippen LogP contribution in [0.15, 0.2) is 48.5 Å². The van der Waals surface area contributed by atoms with Gasteiger partial charge in [0.15, 0.2) is 0 Å². The Morgan fingerprint density at radius 3 is 2.39 bits per heavy atom. The van der Waals surface area contributed by atoms with Crippen molar-refractivity contribution in [2.45, 2.75) is 32.5 Å². The molecule has 0 radical (unpaired) electrons. The van der Waals surface area contributed by atoms with Crippen LogP contribution < -0.4 is 16.0 Å². The first-order valence-corrected chi connectivity index (χ1v) is 9.64. The molecule has 0 atom stereocenters. The molecule has 0 spiro atoms. The third kappa shape index (κ3) is 6.09. The molecule has 1 fully saturated rings. The standard InChI is InChI=1S/C22H28N4O2/c1-26(2)15-19-8-4-3-7-18(19)14-24-22(28)23-13-16-6-5-9-20(12-16)25-21(27)17-10-11-17/h3-9,12,17H,10-11,13-15H2,1-2H3,(H,25,27)(H2,23,24,28). The number of hydrogen-bond acceptors (Lipinski definition) is 3. The Labute approximate surface area is 166 Å². The molecule has 0 bridgehead atoms. The third-order valence-electron chi connectivity index (χ3n) is 4.64. The van der Waals surface area contributed by atoms with Crippen LogP contribution in [0.4, 0.5) is 10.5 Å². The van der Waals surface area contributed by atoms with Crippen molar-refractivity contribution in [1.82, 2.24) is 15.5 Å². The van der Waals surface area contributed by atoms with Crippen LogP contribution in [0.1, 0.15) is 29.5 Å². The Morgan fingerprint density at radius 2 is 1.68 bits per heavy atom. The lowest BCUT2D eigenvalue weighted by molar-refractivity contribution is -0.117. The molecule has 28 heavy (non-hydrogen) atoms. The van der Waals surface area contributed by atoms with Gasteiger partial charge in [-0.25, -0.2) is 4.79 Å². The van der Waals surface area contributed by atoms with E-state index in [1.54, 1.807) is 0 Å². The fourth-order valence-corrected chi connectivity index (χ4v) is 2.99. The maximum absolute atomic E-state index is 12.2. The first kappa shape index (κ1) is 19.9. The van der Waals surface area contributed by atoms with Gasteiger partial charge < -0.3 is 20.9 Å². The largest absolute Gasteiger partial charge is 0.334 e. The van der Waals surface area contributed by atoms with Crippen molar-refractivity contribution in [3.05, 3.63) is 65.2 Å². The van der Waals surface area contributed by atoms with Crippen LogP contribution in [-0.2, 0) is 24.4 Å². The van der Waals surface area contributed by atoms with E-state index in [-0.39, 0.29) is 17.9 Å². The molecule has 0 saturated heterocycles. The number of carbonyl (C=O) groups is 2. The number of hydrogen-bond donors (Lipinski definition) is 3. The highest BCUT2D eigenvalue weighted by Crippen LogP contribution is 2.30. The summed E-state index contributed by atoms with van der Waals surface area (Å²) in [5.74, 6) is 0.252. The van der Waals surface area contributed by atoms with Crippen molar-refractivity contribution in [2.75, 3.05) is 19.4 Å². The van der Waals surface area contributed by atoms with Gasteiger partial charge in [-0.3, -0.25) is 4.79 Å². The van der Waals surface area contributed by atoms with Crippen molar-refractivity contribution < 1.29 is 9.59 Å². The van der Waals surface area contributed by atoms with Gasteiger partial charge in [-0.1, -0.05) is 36.4 Å². The number of carbonyl (C=O) groups excluding carboxylic acids is 2. The molecule has 1 aliphatic carbocycles. The predicted molar refractivity (Wildman–Crippen MR) is 111 cm³/mol. The molecule has 2 aromatic rings. The summed E-state index contributed by atoms with van der Waals surface area (Å²) in [6.07, 6.45) is 1.95. The summed E-state index contributed by atoms with van der Waals surface area (Å²) in [7, 11) is 4.05. The zero-order valence-corrected chi connectivity index (χ0v) is 16.5. The number of rotatable bonds is 8. The lowest BCUT2D eigenvalue weighted by Gasteiger charge is -2.15. The predicted octanol–water partition coefficient (Wildman–Crippen LogP) is 3.10. The molecule has 6 nitrogen and oxygen atoms in total. The van der Waals surface area contributed by atoms with Crippen molar-refractivity contribution >= 4 is 17.6 Å². The zero-order valence-electron chi connectivity index (χ0n) is 16.5. The van der Waals surface area contributed by atoms with Crippen LogP contribution in [0.5, 0.6) is 0 Å². The second-order valence-corrected chi connectivity index (χ2v) is 7.51. The lowest BCUT2D eigenvalue weighted by Crippen LogP contribution is -2.34. The molecule has 6 heteroatoms. The molecular formula is C22H28N4O2. The van der Waals surface area contributed by atoms with Gasteiger partial charge in [-0.15, -0.1) is 0 Å². The minimum Gasteiger partial charge on any atom is -0.334 e. The highest BCUT2D eigenvalue weighted by atomic mass is 16.2. The Kier molecular flexibility index (Phi) is 6.66. The average molecular weight is 380 g/mol. The van der Waals surface area contributed by atoms with Gasteiger partial charge in [-0.05, 0) is 55.8 Å².